The molecule has 1 radical (unpaired) electrons. The summed E-state index contributed by atoms with van der Waals surface area (Å²) in [5.41, 5.74) is 2.84. The minimum atomic E-state index is 0.474. The zero-order valence-electron chi connectivity index (χ0n) is 8.50. The van der Waals surface area contributed by atoms with Crippen molar-refractivity contribution in [3.8, 4) is 0 Å². The number of hydrogen-bond acceptors (Lipinski definition) is 1. The third kappa shape index (κ3) is 1.56. The van der Waals surface area contributed by atoms with Crippen LogP contribution in [0.25, 0.3) is 0 Å². The van der Waals surface area contributed by atoms with E-state index in [-0.39, 0.29) is 0 Å². The van der Waals surface area contributed by atoms with Crippen molar-refractivity contribution in [2.45, 2.75) is 18.9 Å². The first-order chi connectivity index (χ1) is 7.43. The molecular weight excluding hydrogens is 184 g/mol. The van der Waals surface area contributed by atoms with Gasteiger partial charge in [-0.1, -0.05) is 24.3 Å². The summed E-state index contributed by atoms with van der Waals surface area (Å²) in [5, 5.41) is 0. The van der Waals surface area contributed by atoms with Gasteiger partial charge in [0, 0.05) is 24.9 Å². The van der Waals surface area contributed by atoms with Crippen LogP contribution < -0.4 is 0 Å². The maximum Gasteiger partial charge on any atom is 0.0948 e. The van der Waals surface area contributed by atoms with Gasteiger partial charge >= 0.3 is 0 Å². The Kier molecular flexibility index (Phi) is 2.05. The number of nitrogens with zero attached hydrogens (tertiary/aromatic N) is 2. The molecule has 15 heavy (non-hydrogen) atoms. The van der Waals surface area contributed by atoms with Crippen LogP contribution in [0.2, 0.25) is 0 Å². The van der Waals surface area contributed by atoms with E-state index in [9.17, 15) is 0 Å². The van der Waals surface area contributed by atoms with Crippen LogP contribution >= 0.6 is 0 Å². The molecule has 0 saturated carbocycles. The SMILES string of the molecule is [CH]1c2ccccc2CC[C@H]1n1ccnc1. The fourth-order valence-electron chi connectivity index (χ4n) is 2.22. The lowest BCUT2D eigenvalue weighted by Crippen LogP contribution is -2.15. The van der Waals surface area contributed by atoms with Crippen LogP contribution in [-0.4, -0.2) is 9.55 Å². The van der Waals surface area contributed by atoms with Gasteiger partial charge in [0.2, 0.25) is 0 Å². The van der Waals surface area contributed by atoms with Crippen molar-refractivity contribution in [2.75, 3.05) is 0 Å². The molecule has 1 aliphatic carbocycles. The van der Waals surface area contributed by atoms with Crippen molar-refractivity contribution < 1.29 is 0 Å². The molecule has 1 aromatic heterocycles. The maximum atomic E-state index is 4.10. The minimum absolute atomic E-state index is 0.474. The van der Waals surface area contributed by atoms with Gasteiger partial charge in [-0.05, 0) is 24.0 Å². The van der Waals surface area contributed by atoms with Crippen LogP contribution in [0, 0.1) is 6.42 Å². The Morgan fingerprint density at radius 1 is 1.27 bits per heavy atom. The van der Waals surface area contributed by atoms with Gasteiger partial charge in [0.25, 0.3) is 0 Å². The Morgan fingerprint density at radius 3 is 3.07 bits per heavy atom. The fraction of sp³-hybridized carbons (Fsp3) is 0.231. The van der Waals surface area contributed by atoms with E-state index >= 15 is 0 Å². The molecule has 1 aromatic carbocycles. The molecule has 3 rings (SSSR count). The molecule has 1 aliphatic rings. The molecule has 2 nitrogen and oxygen atoms in total. The van der Waals surface area contributed by atoms with E-state index in [1.54, 1.807) is 0 Å². The summed E-state index contributed by atoms with van der Waals surface area (Å²) >= 11 is 0. The second kappa shape index (κ2) is 3.54. The molecule has 0 fully saturated rings. The van der Waals surface area contributed by atoms with Crippen LogP contribution in [0.5, 0.6) is 0 Å². The van der Waals surface area contributed by atoms with Crippen LogP contribution in [-0.2, 0) is 6.42 Å². The van der Waals surface area contributed by atoms with Crippen LogP contribution in [0.1, 0.15) is 23.6 Å². The molecule has 75 valence electrons. The number of rotatable bonds is 1. The van der Waals surface area contributed by atoms with Crippen LogP contribution in [0.3, 0.4) is 0 Å². The standard InChI is InChI=1S/C13H13N2/c1-2-4-12-9-13(6-5-11(12)3-1)15-8-7-14-10-15/h1-4,7-10,13H,5-6H2/t13-/m1/s1. The molecule has 0 aliphatic heterocycles. The van der Waals surface area contributed by atoms with Crippen molar-refractivity contribution >= 4 is 0 Å². The van der Waals surface area contributed by atoms with E-state index in [4.69, 9.17) is 0 Å². The number of aromatic nitrogens is 2. The van der Waals surface area contributed by atoms with Gasteiger partial charge in [-0.25, -0.2) is 4.98 Å². The van der Waals surface area contributed by atoms with Gasteiger partial charge in [0.05, 0.1) is 6.33 Å². The number of benzene rings is 1. The fourth-order valence-corrected chi connectivity index (χ4v) is 2.22. The molecule has 0 amide bonds. The lowest BCUT2D eigenvalue weighted by atomic mass is 9.88. The smallest absolute Gasteiger partial charge is 0.0948 e. The van der Waals surface area contributed by atoms with E-state index in [0.29, 0.717) is 6.04 Å². The molecule has 0 unspecified atom stereocenters. The Morgan fingerprint density at radius 2 is 2.20 bits per heavy atom. The van der Waals surface area contributed by atoms with Crippen molar-refractivity contribution in [2.24, 2.45) is 0 Å². The molecule has 0 spiro atoms. The molecule has 1 atom stereocenters. The Hall–Kier alpha value is -1.57. The van der Waals surface area contributed by atoms with Crippen LogP contribution in [0.4, 0.5) is 0 Å². The summed E-state index contributed by atoms with van der Waals surface area (Å²) in [6.07, 6.45) is 10.4. The zero-order valence-corrected chi connectivity index (χ0v) is 8.50. The normalized spacial score (nSPS) is 19.9. The van der Waals surface area contributed by atoms with E-state index in [0.717, 1.165) is 6.42 Å². The summed E-state index contributed by atoms with van der Waals surface area (Å²) in [7, 11) is 0. The highest BCUT2D eigenvalue weighted by Gasteiger charge is 2.19. The highest BCUT2D eigenvalue weighted by Crippen LogP contribution is 2.29. The second-order valence-electron chi connectivity index (χ2n) is 3.98. The highest BCUT2D eigenvalue weighted by molar-refractivity contribution is 5.36. The molecule has 2 aromatic rings. The van der Waals surface area contributed by atoms with Gasteiger partial charge in [-0.3, -0.25) is 0 Å². The summed E-state index contributed by atoms with van der Waals surface area (Å²) in [6, 6.07) is 9.10. The van der Waals surface area contributed by atoms with Gasteiger partial charge in [0.1, 0.15) is 0 Å². The molecule has 0 N–H and O–H groups in total. The van der Waals surface area contributed by atoms with E-state index in [2.05, 4.69) is 40.2 Å². The average molecular weight is 197 g/mol. The van der Waals surface area contributed by atoms with Gasteiger partial charge in [0.15, 0.2) is 0 Å². The van der Waals surface area contributed by atoms with Crippen LogP contribution in [0.15, 0.2) is 43.0 Å². The summed E-state index contributed by atoms with van der Waals surface area (Å²) < 4.78 is 2.18. The Bertz CT molecular complexity index is 445. The topological polar surface area (TPSA) is 17.8 Å². The molecule has 0 bridgehead atoms. The zero-order chi connectivity index (χ0) is 10.1. The summed E-state index contributed by atoms with van der Waals surface area (Å²) in [6.45, 7) is 0. The number of imidazole rings is 1. The van der Waals surface area contributed by atoms with Gasteiger partial charge in [-0.2, -0.15) is 0 Å². The van der Waals surface area contributed by atoms with E-state index in [1.165, 1.54) is 17.5 Å². The predicted molar refractivity (Wildman–Crippen MR) is 59.4 cm³/mol. The number of fused-ring (bicyclic) bond motifs is 1. The molecule has 1 heterocycles. The highest BCUT2D eigenvalue weighted by atomic mass is 15.0. The van der Waals surface area contributed by atoms with Crippen molar-refractivity contribution in [1.82, 2.24) is 9.55 Å². The first kappa shape index (κ1) is 8.72. The lowest BCUT2D eigenvalue weighted by molar-refractivity contribution is 0.513. The maximum absolute atomic E-state index is 4.10. The molecule has 2 heteroatoms. The van der Waals surface area contributed by atoms with Crippen molar-refractivity contribution in [3.05, 3.63) is 60.5 Å². The third-order valence-electron chi connectivity index (χ3n) is 3.04. The Labute approximate surface area is 89.6 Å². The first-order valence-corrected chi connectivity index (χ1v) is 5.34. The third-order valence-corrected chi connectivity index (χ3v) is 3.04. The lowest BCUT2D eigenvalue weighted by Gasteiger charge is -2.25. The molecular formula is C13H13N2. The predicted octanol–water partition coefficient (Wildman–Crippen LogP) is 2.62. The second-order valence-corrected chi connectivity index (χ2v) is 3.98. The minimum Gasteiger partial charge on any atom is -0.334 e. The van der Waals surface area contributed by atoms with Crippen molar-refractivity contribution in [3.63, 3.8) is 0 Å². The summed E-state index contributed by atoms with van der Waals surface area (Å²) in [4.78, 5) is 4.10. The summed E-state index contributed by atoms with van der Waals surface area (Å²) in [5.74, 6) is 0. The number of hydrogen-bond donors (Lipinski definition) is 0. The number of aryl methyl sites for hydroxylation is 1. The monoisotopic (exact) mass is 197 g/mol. The quantitative estimate of drug-likeness (QED) is 0.687. The largest absolute Gasteiger partial charge is 0.334 e. The van der Waals surface area contributed by atoms with E-state index < -0.39 is 0 Å². The van der Waals surface area contributed by atoms with Crippen molar-refractivity contribution in [1.29, 1.82) is 0 Å². The van der Waals surface area contributed by atoms with Gasteiger partial charge < -0.3 is 4.57 Å². The Balaban J connectivity index is 1.89. The van der Waals surface area contributed by atoms with E-state index in [1.807, 2.05) is 18.7 Å². The first-order valence-electron chi connectivity index (χ1n) is 5.34. The average Bonchev–Trinajstić information content (AvgIpc) is 2.82. The molecule has 0 saturated heterocycles. The van der Waals surface area contributed by atoms with Gasteiger partial charge in [-0.15, -0.1) is 0 Å².